The smallest absolute Gasteiger partial charge is 0.306 e. The summed E-state index contributed by atoms with van der Waals surface area (Å²) in [5.74, 6) is -0.811. The topological polar surface area (TPSA) is 96.0 Å². The van der Waals surface area contributed by atoms with Crippen LogP contribution in [0.1, 0.15) is 148 Å². The molecule has 8 heteroatoms. The van der Waals surface area contributed by atoms with Crippen molar-refractivity contribution in [3.63, 3.8) is 0 Å². The summed E-state index contributed by atoms with van der Waals surface area (Å²) in [5.41, 5.74) is 0.927. The highest BCUT2D eigenvalue weighted by atomic mass is 32.2. The lowest BCUT2D eigenvalue weighted by Crippen LogP contribution is -2.31. The summed E-state index contributed by atoms with van der Waals surface area (Å²) in [6.07, 6.45) is 20.1. The van der Waals surface area contributed by atoms with Gasteiger partial charge in [0.1, 0.15) is 13.2 Å². The van der Waals surface area contributed by atoms with Crippen LogP contribution in [0.4, 0.5) is 0 Å². The molecule has 1 atom stereocenters. The predicted octanol–water partition coefficient (Wildman–Crippen LogP) is 9.00. The van der Waals surface area contributed by atoms with Gasteiger partial charge in [-0.05, 0) is 31.9 Å². The zero-order chi connectivity index (χ0) is 30.9. The number of carbonyl (C=O) groups excluding carboxylic acids is 2. The van der Waals surface area contributed by atoms with Crippen LogP contribution in [0.25, 0.3) is 0 Å². The van der Waals surface area contributed by atoms with Gasteiger partial charge in [0, 0.05) is 12.8 Å². The Morgan fingerprint density at radius 2 is 1.05 bits per heavy atom. The fourth-order valence-electron chi connectivity index (χ4n) is 4.72. The van der Waals surface area contributed by atoms with E-state index >= 15 is 0 Å². The van der Waals surface area contributed by atoms with E-state index in [0.717, 1.165) is 37.7 Å². The van der Waals surface area contributed by atoms with Crippen LogP contribution < -0.4 is 0 Å². The Hall–Kier alpha value is -1.93. The number of hydrogen-bond donors (Lipinski definition) is 0. The monoisotopic (exact) mass is 610 g/mol. The highest BCUT2D eigenvalue weighted by molar-refractivity contribution is 7.86. The number of carbonyl (C=O) groups is 2. The third-order valence-corrected chi connectivity index (χ3v) is 8.71. The molecule has 0 saturated carbocycles. The van der Waals surface area contributed by atoms with Crippen LogP contribution in [0.3, 0.4) is 0 Å². The molecule has 0 amide bonds. The molecule has 0 aromatic heterocycles. The molecule has 7 nitrogen and oxygen atoms in total. The molecule has 0 bridgehead atoms. The molecule has 242 valence electrons. The third kappa shape index (κ3) is 20.1. The van der Waals surface area contributed by atoms with Crippen LogP contribution in [0.5, 0.6) is 0 Å². The quantitative estimate of drug-likeness (QED) is 0.0557. The van der Waals surface area contributed by atoms with Gasteiger partial charge < -0.3 is 9.47 Å². The lowest BCUT2D eigenvalue weighted by atomic mass is 10.1. The van der Waals surface area contributed by atoms with Gasteiger partial charge in [-0.25, -0.2) is 0 Å². The van der Waals surface area contributed by atoms with Gasteiger partial charge in [0.2, 0.25) is 0 Å². The van der Waals surface area contributed by atoms with Gasteiger partial charge in [-0.1, -0.05) is 134 Å². The summed E-state index contributed by atoms with van der Waals surface area (Å²) in [4.78, 5) is 24.9. The van der Waals surface area contributed by atoms with Gasteiger partial charge in [-0.2, -0.15) is 8.42 Å². The fraction of sp³-hybridized carbons (Fsp3) is 0.765. The van der Waals surface area contributed by atoms with Crippen molar-refractivity contribution < 1.29 is 31.7 Å². The van der Waals surface area contributed by atoms with Gasteiger partial charge in [0.05, 0.1) is 4.90 Å². The van der Waals surface area contributed by atoms with Gasteiger partial charge in [0.25, 0.3) is 10.1 Å². The van der Waals surface area contributed by atoms with Gasteiger partial charge in [0.15, 0.2) is 6.10 Å². The average molecular weight is 611 g/mol. The number of hydrogen-bond acceptors (Lipinski definition) is 7. The van der Waals surface area contributed by atoms with E-state index in [1.807, 2.05) is 6.92 Å². The first kappa shape index (κ1) is 38.1. The summed E-state index contributed by atoms with van der Waals surface area (Å²) < 4.78 is 41.4. The summed E-state index contributed by atoms with van der Waals surface area (Å²) in [7, 11) is -4.04. The molecule has 0 radical (unpaired) electrons. The molecule has 1 unspecified atom stereocenters. The molecule has 0 fully saturated rings. The lowest BCUT2D eigenvalue weighted by molar-refractivity contribution is -0.161. The second kappa shape index (κ2) is 24.5. The minimum atomic E-state index is -4.04. The largest absolute Gasteiger partial charge is 0.462 e. The molecular weight excluding hydrogens is 552 g/mol. The SMILES string of the molecule is CCCCCCCCCCCC(=O)OCC(COS(=O)(=O)c1ccc(C)cc1)OC(=O)CCCCCCCCCCC. The predicted molar refractivity (Wildman–Crippen MR) is 169 cm³/mol. The molecule has 0 aliphatic carbocycles. The molecule has 0 saturated heterocycles. The van der Waals surface area contributed by atoms with E-state index in [-0.39, 0.29) is 30.3 Å². The summed E-state index contributed by atoms with van der Waals surface area (Å²) in [5, 5.41) is 0. The van der Waals surface area contributed by atoms with Crippen molar-refractivity contribution in [3.8, 4) is 0 Å². The highest BCUT2D eigenvalue weighted by Crippen LogP contribution is 2.16. The highest BCUT2D eigenvalue weighted by Gasteiger charge is 2.23. The van der Waals surface area contributed by atoms with Gasteiger partial charge >= 0.3 is 11.9 Å². The van der Waals surface area contributed by atoms with E-state index in [9.17, 15) is 18.0 Å². The zero-order valence-electron chi connectivity index (χ0n) is 26.7. The Morgan fingerprint density at radius 1 is 0.619 bits per heavy atom. The van der Waals surface area contributed by atoms with Gasteiger partial charge in [-0.15, -0.1) is 0 Å². The van der Waals surface area contributed by atoms with E-state index in [0.29, 0.717) is 6.42 Å². The van der Waals surface area contributed by atoms with Crippen LogP contribution in [0.2, 0.25) is 0 Å². The Kier molecular flexibility index (Phi) is 22.2. The van der Waals surface area contributed by atoms with Crippen LogP contribution in [-0.4, -0.2) is 39.7 Å². The minimum absolute atomic E-state index is 0.0234. The Labute approximate surface area is 256 Å². The van der Waals surface area contributed by atoms with Crippen LogP contribution >= 0.6 is 0 Å². The first-order valence-electron chi connectivity index (χ1n) is 16.6. The molecule has 1 aromatic carbocycles. The van der Waals surface area contributed by atoms with Crippen molar-refractivity contribution in [2.45, 2.75) is 160 Å². The molecule has 1 aromatic rings. The van der Waals surface area contributed by atoms with Crippen molar-refractivity contribution in [2.24, 2.45) is 0 Å². The molecule has 0 aliphatic heterocycles. The van der Waals surface area contributed by atoms with E-state index in [1.165, 1.54) is 89.2 Å². The normalized spacial score (nSPS) is 12.3. The molecule has 42 heavy (non-hydrogen) atoms. The maximum atomic E-state index is 12.7. The number of rotatable bonds is 27. The second-order valence-electron chi connectivity index (χ2n) is 11.5. The van der Waals surface area contributed by atoms with E-state index in [2.05, 4.69) is 13.8 Å². The Morgan fingerprint density at radius 3 is 1.52 bits per heavy atom. The molecule has 1 rings (SSSR count). The van der Waals surface area contributed by atoms with Crippen LogP contribution in [0.15, 0.2) is 29.2 Å². The average Bonchev–Trinajstić information content (AvgIpc) is 2.97. The Bertz CT molecular complexity index is 928. The fourth-order valence-corrected chi connectivity index (χ4v) is 5.65. The third-order valence-electron chi connectivity index (χ3n) is 7.42. The minimum Gasteiger partial charge on any atom is -0.462 e. The molecule has 0 aliphatic rings. The van der Waals surface area contributed by atoms with Crippen LogP contribution in [0, 0.1) is 6.92 Å². The van der Waals surface area contributed by atoms with Crippen molar-refractivity contribution in [1.82, 2.24) is 0 Å². The van der Waals surface area contributed by atoms with Crippen LogP contribution in [-0.2, 0) is 33.4 Å². The maximum absolute atomic E-state index is 12.7. The van der Waals surface area contributed by atoms with E-state index in [4.69, 9.17) is 13.7 Å². The second-order valence-corrected chi connectivity index (χ2v) is 13.1. The lowest BCUT2D eigenvalue weighted by Gasteiger charge is -2.18. The van der Waals surface area contributed by atoms with Gasteiger partial charge in [-0.3, -0.25) is 13.8 Å². The standard InChI is InChI=1S/C34H58O7S/c1-4-6-8-10-12-14-16-18-20-22-33(35)39-28-31(29-40-42(37,38)32-26-24-30(3)25-27-32)41-34(36)23-21-19-17-15-13-11-9-7-5-2/h24-27,31H,4-23,28-29H2,1-3H3. The summed E-state index contributed by atoms with van der Waals surface area (Å²) >= 11 is 0. The van der Waals surface area contributed by atoms with Crippen molar-refractivity contribution >= 4 is 22.1 Å². The first-order chi connectivity index (χ1) is 20.3. The Balaban J connectivity index is 2.46. The number of ether oxygens (including phenoxy) is 2. The molecule has 0 spiro atoms. The number of esters is 2. The summed E-state index contributed by atoms with van der Waals surface area (Å²) in [6.45, 7) is 5.64. The zero-order valence-corrected chi connectivity index (χ0v) is 27.5. The van der Waals surface area contributed by atoms with E-state index in [1.54, 1.807) is 12.1 Å². The maximum Gasteiger partial charge on any atom is 0.306 e. The summed E-state index contributed by atoms with van der Waals surface area (Å²) in [6, 6.07) is 6.32. The number of benzene rings is 1. The molecule has 0 heterocycles. The molecular formula is C34H58O7S. The molecule has 0 N–H and O–H groups in total. The van der Waals surface area contributed by atoms with Crippen molar-refractivity contribution in [1.29, 1.82) is 0 Å². The van der Waals surface area contributed by atoms with Crippen molar-refractivity contribution in [3.05, 3.63) is 29.8 Å². The number of unbranched alkanes of at least 4 members (excludes halogenated alkanes) is 16. The first-order valence-corrected chi connectivity index (χ1v) is 18.0. The van der Waals surface area contributed by atoms with Crippen molar-refractivity contribution in [2.75, 3.05) is 13.2 Å². The van der Waals surface area contributed by atoms with E-state index < -0.39 is 28.8 Å². The number of aryl methyl sites for hydroxylation is 1.